The molecular formula is C14H28N6OS. The van der Waals surface area contributed by atoms with Crippen LogP contribution in [0.5, 0.6) is 0 Å². The lowest BCUT2D eigenvalue weighted by molar-refractivity contribution is -0.119. The van der Waals surface area contributed by atoms with Gasteiger partial charge in [0.15, 0.2) is 0 Å². The number of piperazine rings is 1. The number of rotatable bonds is 5. The van der Waals surface area contributed by atoms with E-state index >= 15 is 0 Å². The van der Waals surface area contributed by atoms with Gasteiger partial charge in [-0.05, 0) is 18.9 Å². The van der Waals surface area contributed by atoms with E-state index in [-0.39, 0.29) is 5.91 Å². The topological polar surface area (TPSA) is 108 Å². The summed E-state index contributed by atoms with van der Waals surface area (Å²) in [6.07, 6.45) is 3.97. The van der Waals surface area contributed by atoms with E-state index in [0.29, 0.717) is 0 Å². The number of carbonyl (C=O) groups excluding carboxylic acids is 1. The molecule has 0 aromatic heterocycles. The van der Waals surface area contributed by atoms with Crippen molar-refractivity contribution in [2.75, 3.05) is 45.5 Å². The minimum absolute atomic E-state index is 0.146. The molecule has 1 atom stereocenters. The second-order valence-corrected chi connectivity index (χ2v) is 6.08. The summed E-state index contributed by atoms with van der Waals surface area (Å²) in [5, 5.41) is 8.88. The van der Waals surface area contributed by atoms with Gasteiger partial charge in [0.1, 0.15) is 5.37 Å². The van der Waals surface area contributed by atoms with Crippen LogP contribution in [0.15, 0.2) is 23.7 Å². The predicted octanol–water partition coefficient (Wildman–Crippen LogP) is -1.05. The van der Waals surface area contributed by atoms with Crippen molar-refractivity contribution in [3.63, 3.8) is 0 Å². The number of nitrogens with one attached hydrogen (secondary N) is 3. The SMILES string of the molecule is CCSC(N)C(=O)NC1=CNCC=C1N1CCNCC1.CN. The highest BCUT2D eigenvalue weighted by Gasteiger charge is 2.21. The smallest absolute Gasteiger partial charge is 0.251 e. The zero-order valence-electron chi connectivity index (χ0n) is 13.4. The van der Waals surface area contributed by atoms with E-state index in [1.54, 1.807) is 0 Å². The summed E-state index contributed by atoms with van der Waals surface area (Å²) in [4.78, 5) is 14.3. The zero-order chi connectivity index (χ0) is 16.4. The van der Waals surface area contributed by atoms with Gasteiger partial charge in [-0.1, -0.05) is 6.92 Å². The van der Waals surface area contributed by atoms with E-state index in [1.807, 2.05) is 13.1 Å². The van der Waals surface area contributed by atoms with Gasteiger partial charge in [0.2, 0.25) is 0 Å². The Bertz CT molecular complexity index is 406. The standard InChI is InChI=1S/C13H23N5OS.CH5N/c1-2-20-12(14)13(19)17-10-9-16-4-3-11(10)18-7-5-15-6-8-18;1-2/h3,9,12,15-16H,2,4-8,14H2,1H3,(H,17,19);2H2,1H3. The van der Waals surface area contributed by atoms with E-state index < -0.39 is 5.37 Å². The lowest BCUT2D eigenvalue weighted by Gasteiger charge is -2.34. The largest absolute Gasteiger partial charge is 0.386 e. The van der Waals surface area contributed by atoms with Crippen molar-refractivity contribution in [2.45, 2.75) is 12.3 Å². The minimum atomic E-state index is -0.521. The highest BCUT2D eigenvalue weighted by molar-refractivity contribution is 8.00. The Morgan fingerprint density at radius 2 is 2.14 bits per heavy atom. The fraction of sp³-hybridized carbons (Fsp3) is 0.643. The molecule has 0 spiro atoms. The van der Waals surface area contributed by atoms with Gasteiger partial charge in [-0.25, -0.2) is 0 Å². The van der Waals surface area contributed by atoms with Gasteiger partial charge in [0.05, 0.1) is 11.4 Å². The molecule has 7 N–H and O–H groups in total. The Balaban J connectivity index is 0.00000116. The highest BCUT2D eigenvalue weighted by Crippen LogP contribution is 2.16. The molecule has 1 fully saturated rings. The predicted molar refractivity (Wildman–Crippen MR) is 93.0 cm³/mol. The van der Waals surface area contributed by atoms with Crippen molar-refractivity contribution < 1.29 is 4.79 Å². The molecule has 0 radical (unpaired) electrons. The molecule has 1 amide bonds. The normalized spacial score (nSPS) is 19.0. The summed E-state index contributed by atoms with van der Waals surface area (Å²) < 4.78 is 0. The molecule has 0 aliphatic carbocycles. The maximum Gasteiger partial charge on any atom is 0.251 e. The number of hydrogen-bond donors (Lipinski definition) is 5. The summed E-state index contributed by atoms with van der Waals surface area (Å²) in [5.74, 6) is 0.680. The van der Waals surface area contributed by atoms with Crippen LogP contribution in [0.3, 0.4) is 0 Å². The number of dihydropyridines is 1. The van der Waals surface area contributed by atoms with Gasteiger partial charge in [-0.2, -0.15) is 0 Å². The molecule has 0 bridgehead atoms. The number of hydrogen-bond acceptors (Lipinski definition) is 7. The lowest BCUT2D eigenvalue weighted by atomic mass is 10.2. The number of thioether (sulfide) groups is 1. The molecule has 0 aromatic carbocycles. The second kappa shape index (κ2) is 10.5. The number of carbonyl (C=O) groups is 1. The molecular weight excluding hydrogens is 300 g/mol. The van der Waals surface area contributed by atoms with E-state index in [0.717, 1.165) is 49.9 Å². The van der Waals surface area contributed by atoms with E-state index in [2.05, 4.69) is 32.7 Å². The average molecular weight is 328 g/mol. The van der Waals surface area contributed by atoms with Crippen LogP contribution in [0.4, 0.5) is 0 Å². The molecule has 0 saturated carbocycles. The number of amides is 1. The molecule has 2 aliphatic rings. The quantitative estimate of drug-likeness (QED) is 0.410. The zero-order valence-corrected chi connectivity index (χ0v) is 14.2. The van der Waals surface area contributed by atoms with Crippen molar-refractivity contribution in [3.8, 4) is 0 Å². The van der Waals surface area contributed by atoms with Crippen molar-refractivity contribution in [1.29, 1.82) is 0 Å². The molecule has 0 aromatic rings. The van der Waals surface area contributed by atoms with E-state index in [4.69, 9.17) is 5.73 Å². The van der Waals surface area contributed by atoms with E-state index in [1.165, 1.54) is 18.8 Å². The number of nitrogens with zero attached hydrogens (tertiary/aromatic N) is 1. The fourth-order valence-electron chi connectivity index (χ4n) is 2.26. The maximum absolute atomic E-state index is 12.0. The van der Waals surface area contributed by atoms with Crippen LogP contribution in [-0.4, -0.2) is 61.7 Å². The van der Waals surface area contributed by atoms with Gasteiger partial charge in [-0.3, -0.25) is 4.79 Å². The maximum atomic E-state index is 12.0. The molecule has 2 heterocycles. The first-order valence-corrected chi connectivity index (χ1v) is 8.62. The van der Waals surface area contributed by atoms with Gasteiger partial charge < -0.3 is 32.3 Å². The summed E-state index contributed by atoms with van der Waals surface area (Å²) in [6.45, 7) is 6.62. The Morgan fingerprint density at radius 1 is 1.45 bits per heavy atom. The Morgan fingerprint density at radius 3 is 2.77 bits per heavy atom. The van der Waals surface area contributed by atoms with Crippen LogP contribution in [0.25, 0.3) is 0 Å². The van der Waals surface area contributed by atoms with E-state index in [9.17, 15) is 4.79 Å². The van der Waals surface area contributed by atoms with Gasteiger partial charge in [0, 0.05) is 38.9 Å². The van der Waals surface area contributed by atoms with Crippen LogP contribution in [0.1, 0.15) is 6.92 Å². The first-order chi connectivity index (χ1) is 10.7. The summed E-state index contributed by atoms with van der Waals surface area (Å²) in [7, 11) is 1.50. The lowest BCUT2D eigenvalue weighted by Crippen LogP contribution is -2.46. The van der Waals surface area contributed by atoms with Crippen LogP contribution < -0.4 is 27.4 Å². The molecule has 7 nitrogen and oxygen atoms in total. The first-order valence-electron chi connectivity index (χ1n) is 7.58. The Labute approximate surface area is 136 Å². The van der Waals surface area contributed by atoms with Crippen molar-refractivity contribution in [3.05, 3.63) is 23.7 Å². The highest BCUT2D eigenvalue weighted by atomic mass is 32.2. The minimum Gasteiger partial charge on any atom is -0.386 e. The van der Waals surface area contributed by atoms with Crippen molar-refractivity contribution in [2.24, 2.45) is 11.5 Å². The Kier molecular flexibility index (Phi) is 8.98. The summed E-state index contributed by atoms with van der Waals surface area (Å²) >= 11 is 1.44. The Hall–Kier alpha value is -1.22. The van der Waals surface area contributed by atoms with Crippen molar-refractivity contribution >= 4 is 17.7 Å². The fourth-order valence-corrected chi connectivity index (χ4v) is 2.83. The van der Waals surface area contributed by atoms with Crippen LogP contribution in [-0.2, 0) is 4.79 Å². The molecule has 126 valence electrons. The third kappa shape index (κ3) is 5.53. The van der Waals surface area contributed by atoms with Gasteiger partial charge >= 0.3 is 0 Å². The third-order valence-corrected chi connectivity index (χ3v) is 4.16. The van der Waals surface area contributed by atoms with Crippen LogP contribution in [0.2, 0.25) is 0 Å². The molecule has 1 unspecified atom stereocenters. The average Bonchev–Trinajstić information content (AvgIpc) is 2.58. The third-order valence-electron chi connectivity index (χ3n) is 3.26. The summed E-state index contributed by atoms with van der Waals surface area (Å²) in [6, 6.07) is 0. The molecule has 2 aliphatic heterocycles. The molecule has 1 saturated heterocycles. The molecule has 8 heteroatoms. The molecule has 2 rings (SSSR count). The monoisotopic (exact) mass is 328 g/mol. The molecule has 22 heavy (non-hydrogen) atoms. The number of nitrogens with two attached hydrogens (primary N) is 2. The van der Waals surface area contributed by atoms with Crippen LogP contribution in [0, 0.1) is 0 Å². The first kappa shape index (κ1) is 18.8. The van der Waals surface area contributed by atoms with Crippen LogP contribution >= 0.6 is 11.8 Å². The van der Waals surface area contributed by atoms with Gasteiger partial charge in [0.25, 0.3) is 5.91 Å². The van der Waals surface area contributed by atoms with Crippen molar-refractivity contribution in [1.82, 2.24) is 20.9 Å². The summed E-state index contributed by atoms with van der Waals surface area (Å²) in [5.41, 5.74) is 12.2. The second-order valence-electron chi connectivity index (χ2n) is 4.66. The van der Waals surface area contributed by atoms with Gasteiger partial charge in [-0.15, -0.1) is 11.8 Å².